The zero-order chi connectivity index (χ0) is 17.1. The second kappa shape index (κ2) is 7.23. The minimum atomic E-state index is -0.448. The number of amides is 3. The van der Waals surface area contributed by atoms with Crippen LogP contribution in [-0.2, 0) is 11.8 Å². The van der Waals surface area contributed by atoms with E-state index in [-0.39, 0.29) is 18.0 Å². The fourth-order valence-corrected chi connectivity index (χ4v) is 3.80. The normalized spacial score (nSPS) is 27.3. The van der Waals surface area contributed by atoms with Crippen LogP contribution >= 0.6 is 0 Å². The number of hydrogen-bond acceptors (Lipinski definition) is 3. The summed E-state index contributed by atoms with van der Waals surface area (Å²) in [5.74, 6) is 0.645. The molecule has 2 aliphatic rings. The van der Waals surface area contributed by atoms with Crippen LogP contribution in [0.4, 0.5) is 10.5 Å². The van der Waals surface area contributed by atoms with Crippen LogP contribution in [0.3, 0.4) is 0 Å². The lowest BCUT2D eigenvalue weighted by atomic mass is 9.84. The summed E-state index contributed by atoms with van der Waals surface area (Å²) in [5.41, 5.74) is 0.783. The summed E-state index contributed by atoms with van der Waals surface area (Å²) in [7, 11) is 1.82. The Kier molecular flexibility index (Phi) is 5.06. The van der Waals surface area contributed by atoms with Gasteiger partial charge in [0, 0.05) is 25.8 Å². The lowest BCUT2D eigenvalue weighted by Gasteiger charge is -2.29. The standard InChI is InChI=1S/C17H27N5O2/c1-3-12-5-4-6-13(9-12)19-17(24)20-15-7-8-22(16(15)23)14-10-18-21(2)11-14/h10-13,15H,3-9H2,1-2H3,(H2,19,20,24)/t12-,13-,15+/m1/s1. The molecule has 1 aliphatic carbocycles. The van der Waals surface area contributed by atoms with Crippen molar-refractivity contribution in [2.24, 2.45) is 13.0 Å². The van der Waals surface area contributed by atoms with Gasteiger partial charge in [-0.2, -0.15) is 5.10 Å². The van der Waals surface area contributed by atoms with Gasteiger partial charge >= 0.3 is 6.03 Å². The van der Waals surface area contributed by atoms with Gasteiger partial charge in [-0.25, -0.2) is 4.79 Å². The zero-order valence-corrected chi connectivity index (χ0v) is 14.5. The van der Waals surface area contributed by atoms with Gasteiger partial charge in [0.2, 0.25) is 5.91 Å². The lowest BCUT2D eigenvalue weighted by molar-refractivity contribution is -0.118. The van der Waals surface area contributed by atoms with Gasteiger partial charge in [-0.3, -0.25) is 9.48 Å². The second-order valence-electron chi connectivity index (χ2n) is 6.96. The molecule has 7 nitrogen and oxygen atoms in total. The second-order valence-corrected chi connectivity index (χ2v) is 6.96. The van der Waals surface area contributed by atoms with Crippen LogP contribution in [0.5, 0.6) is 0 Å². The molecule has 0 aromatic carbocycles. The molecule has 3 amide bonds. The molecule has 2 heterocycles. The lowest BCUT2D eigenvalue weighted by Crippen LogP contribution is -2.49. The van der Waals surface area contributed by atoms with Crippen LogP contribution in [0.25, 0.3) is 0 Å². The van der Waals surface area contributed by atoms with E-state index in [0.29, 0.717) is 18.9 Å². The van der Waals surface area contributed by atoms with Gasteiger partial charge < -0.3 is 15.5 Å². The van der Waals surface area contributed by atoms with Crippen LogP contribution in [0.2, 0.25) is 0 Å². The molecule has 0 bridgehead atoms. The largest absolute Gasteiger partial charge is 0.335 e. The summed E-state index contributed by atoms with van der Waals surface area (Å²) in [5, 5.41) is 10.00. The van der Waals surface area contributed by atoms with Gasteiger partial charge in [-0.15, -0.1) is 0 Å². The maximum Gasteiger partial charge on any atom is 0.315 e. The number of nitrogens with one attached hydrogen (secondary N) is 2. The first kappa shape index (κ1) is 16.8. The number of rotatable bonds is 4. The first-order valence-electron chi connectivity index (χ1n) is 8.94. The van der Waals surface area contributed by atoms with Crippen molar-refractivity contribution >= 4 is 17.6 Å². The molecular formula is C17H27N5O2. The molecule has 2 fully saturated rings. The molecule has 1 saturated carbocycles. The Morgan fingerprint density at radius 3 is 2.88 bits per heavy atom. The third-order valence-electron chi connectivity index (χ3n) is 5.21. The number of aryl methyl sites for hydroxylation is 1. The predicted molar refractivity (Wildman–Crippen MR) is 91.7 cm³/mol. The van der Waals surface area contributed by atoms with Crippen LogP contribution < -0.4 is 15.5 Å². The van der Waals surface area contributed by atoms with E-state index < -0.39 is 6.04 Å². The van der Waals surface area contributed by atoms with E-state index in [0.717, 1.165) is 18.5 Å². The van der Waals surface area contributed by atoms with E-state index in [2.05, 4.69) is 22.7 Å². The Morgan fingerprint density at radius 2 is 2.17 bits per heavy atom. The van der Waals surface area contributed by atoms with Gasteiger partial charge in [-0.05, 0) is 25.2 Å². The third kappa shape index (κ3) is 3.71. The minimum absolute atomic E-state index is 0.0618. The molecule has 0 unspecified atom stereocenters. The van der Waals surface area contributed by atoms with E-state index in [9.17, 15) is 9.59 Å². The number of carbonyl (C=O) groups is 2. The minimum Gasteiger partial charge on any atom is -0.335 e. The topological polar surface area (TPSA) is 79.3 Å². The molecule has 7 heteroatoms. The van der Waals surface area contributed by atoms with Crippen LogP contribution in [-0.4, -0.2) is 40.3 Å². The highest BCUT2D eigenvalue weighted by molar-refractivity contribution is 6.01. The van der Waals surface area contributed by atoms with E-state index in [1.165, 1.54) is 19.3 Å². The van der Waals surface area contributed by atoms with E-state index >= 15 is 0 Å². The summed E-state index contributed by atoms with van der Waals surface area (Å²) < 4.78 is 1.67. The summed E-state index contributed by atoms with van der Waals surface area (Å²) in [6, 6.07) is -0.437. The van der Waals surface area contributed by atoms with E-state index in [4.69, 9.17) is 0 Å². The maximum absolute atomic E-state index is 12.5. The van der Waals surface area contributed by atoms with Gasteiger partial charge in [0.05, 0.1) is 11.9 Å². The highest BCUT2D eigenvalue weighted by Crippen LogP contribution is 2.26. The summed E-state index contributed by atoms with van der Waals surface area (Å²) >= 11 is 0. The average molecular weight is 333 g/mol. The van der Waals surface area contributed by atoms with Crippen LogP contribution in [0.1, 0.15) is 45.4 Å². The van der Waals surface area contributed by atoms with Gasteiger partial charge in [0.15, 0.2) is 0 Å². The molecule has 0 radical (unpaired) electrons. The van der Waals surface area contributed by atoms with Gasteiger partial charge in [0.1, 0.15) is 6.04 Å². The zero-order valence-electron chi connectivity index (χ0n) is 14.5. The van der Waals surface area contributed by atoms with Crippen molar-refractivity contribution in [3.63, 3.8) is 0 Å². The maximum atomic E-state index is 12.5. The Hall–Kier alpha value is -2.05. The molecule has 1 saturated heterocycles. The SMILES string of the molecule is CC[C@@H]1CCC[C@@H](NC(=O)N[C@H]2CCN(c3cnn(C)c3)C2=O)C1. The first-order chi connectivity index (χ1) is 11.6. The summed E-state index contributed by atoms with van der Waals surface area (Å²) in [6.45, 7) is 2.81. The number of aromatic nitrogens is 2. The molecule has 1 aromatic heterocycles. The first-order valence-corrected chi connectivity index (χ1v) is 8.94. The van der Waals surface area contributed by atoms with Crippen molar-refractivity contribution in [3.05, 3.63) is 12.4 Å². The van der Waals surface area contributed by atoms with Crippen molar-refractivity contribution < 1.29 is 9.59 Å². The van der Waals surface area contributed by atoms with Crippen molar-refractivity contribution in [1.82, 2.24) is 20.4 Å². The van der Waals surface area contributed by atoms with E-state index in [1.807, 2.05) is 13.2 Å². The Labute approximate surface area is 142 Å². The molecular weight excluding hydrogens is 306 g/mol. The van der Waals surface area contributed by atoms with Crippen molar-refractivity contribution in [3.8, 4) is 0 Å². The highest BCUT2D eigenvalue weighted by atomic mass is 16.2. The number of hydrogen-bond donors (Lipinski definition) is 2. The summed E-state index contributed by atoms with van der Waals surface area (Å²) in [6.07, 6.45) is 9.79. The molecule has 132 valence electrons. The fourth-order valence-electron chi connectivity index (χ4n) is 3.80. The molecule has 0 spiro atoms. The molecule has 3 atom stereocenters. The molecule has 3 rings (SSSR count). The predicted octanol–water partition coefficient (Wildman–Crippen LogP) is 1.79. The third-order valence-corrected chi connectivity index (χ3v) is 5.21. The quantitative estimate of drug-likeness (QED) is 0.882. The van der Waals surface area contributed by atoms with Crippen LogP contribution in [0, 0.1) is 5.92 Å². The van der Waals surface area contributed by atoms with Crippen molar-refractivity contribution in [2.45, 2.75) is 57.5 Å². The molecule has 1 aromatic rings. The number of carbonyl (C=O) groups excluding carboxylic acids is 2. The van der Waals surface area contributed by atoms with E-state index in [1.54, 1.807) is 15.8 Å². The highest BCUT2D eigenvalue weighted by Gasteiger charge is 2.34. The Balaban J connectivity index is 1.51. The number of anilines is 1. The summed E-state index contributed by atoms with van der Waals surface area (Å²) in [4.78, 5) is 26.4. The molecule has 24 heavy (non-hydrogen) atoms. The average Bonchev–Trinajstić information content (AvgIpc) is 3.14. The van der Waals surface area contributed by atoms with Crippen molar-refractivity contribution in [1.29, 1.82) is 0 Å². The van der Waals surface area contributed by atoms with Gasteiger partial charge in [-0.1, -0.05) is 26.2 Å². The fraction of sp³-hybridized carbons (Fsp3) is 0.706. The number of nitrogens with zero attached hydrogens (tertiary/aromatic N) is 3. The number of urea groups is 1. The molecule has 2 N–H and O–H groups in total. The van der Waals surface area contributed by atoms with Crippen molar-refractivity contribution in [2.75, 3.05) is 11.4 Å². The molecule has 1 aliphatic heterocycles. The van der Waals surface area contributed by atoms with Crippen LogP contribution in [0.15, 0.2) is 12.4 Å². The van der Waals surface area contributed by atoms with Gasteiger partial charge in [0.25, 0.3) is 0 Å². The Bertz CT molecular complexity index is 600. The monoisotopic (exact) mass is 333 g/mol. The Morgan fingerprint density at radius 1 is 1.33 bits per heavy atom. The smallest absolute Gasteiger partial charge is 0.315 e.